The van der Waals surface area contributed by atoms with Crippen LogP contribution in [0.3, 0.4) is 0 Å². The molecular weight excluding hydrogens is 340 g/mol. The Hall–Kier alpha value is -3.14. The Bertz CT molecular complexity index is 804. The van der Waals surface area contributed by atoms with Crippen molar-refractivity contribution in [3.05, 3.63) is 50.7 Å². The fourth-order valence-corrected chi connectivity index (χ4v) is 2.13. The number of halogens is 1. The molecule has 10 nitrogen and oxygen atoms in total. The number of primary amides is 1. The molecule has 0 saturated carbocycles. The zero-order valence-corrected chi connectivity index (χ0v) is 13.2. The van der Waals surface area contributed by atoms with Gasteiger partial charge in [-0.3, -0.25) is 0 Å². The third-order valence-corrected chi connectivity index (χ3v) is 3.17. The SMILES string of the molecule is COc1cc(C=NNC(N)=O)ccc1Cn1cc(Cl)c([N+](=O)[O-])n1. The predicted octanol–water partition coefficient (Wildman–Crippen LogP) is 1.50. The predicted molar refractivity (Wildman–Crippen MR) is 86.3 cm³/mol. The van der Waals surface area contributed by atoms with Crippen LogP contribution in [0, 0.1) is 10.1 Å². The first-order valence-electron chi connectivity index (χ1n) is 6.53. The Morgan fingerprint density at radius 3 is 2.96 bits per heavy atom. The van der Waals surface area contributed by atoms with Crippen molar-refractivity contribution >= 4 is 29.7 Å². The first-order chi connectivity index (χ1) is 11.4. The molecule has 2 aromatic rings. The summed E-state index contributed by atoms with van der Waals surface area (Å²) < 4.78 is 6.64. The van der Waals surface area contributed by atoms with Gasteiger partial charge in [0.2, 0.25) is 0 Å². The highest BCUT2D eigenvalue weighted by atomic mass is 35.5. The molecule has 24 heavy (non-hydrogen) atoms. The lowest BCUT2D eigenvalue weighted by Crippen LogP contribution is -2.24. The van der Waals surface area contributed by atoms with Gasteiger partial charge in [0.25, 0.3) is 0 Å². The monoisotopic (exact) mass is 352 g/mol. The summed E-state index contributed by atoms with van der Waals surface area (Å²) in [5, 5.41) is 18.2. The van der Waals surface area contributed by atoms with Crippen molar-refractivity contribution in [2.24, 2.45) is 10.8 Å². The summed E-state index contributed by atoms with van der Waals surface area (Å²) in [5.74, 6) is 0.115. The third-order valence-electron chi connectivity index (χ3n) is 2.90. The van der Waals surface area contributed by atoms with Crippen LogP contribution in [-0.2, 0) is 6.54 Å². The van der Waals surface area contributed by atoms with E-state index >= 15 is 0 Å². The maximum Gasteiger partial charge on any atom is 0.408 e. The van der Waals surface area contributed by atoms with Crippen molar-refractivity contribution in [3.8, 4) is 5.75 Å². The first kappa shape index (κ1) is 17.2. The molecule has 1 aromatic heterocycles. The van der Waals surface area contributed by atoms with Crippen molar-refractivity contribution in [2.45, 2.75) is 6.54 Å². The minimum Gasteiger partial charge on any atom is -0.496 e. The molecule has 0 spiro atoms. The van der Waals surface area contributed by atoms with E-state index in [-0.39, 0.29) is 11.6 Å². The summed E-state index contributed by atoms with van der Waals surface area (Å²) in [6.07, 6.45) is 2.76. The van der Waals surface area contributed by atoms with Gasteiger partial charge in [-0.25, -0.2) is 10.2 Å². The van der Waals surface area contributed by atoms with Crippen LogP contribution < -0.4 is 15.9 Å². The highest BCUT2D eigenvalue weighted by Crippen LogP contribution is 2.24. The van der Waals surface area contributed by atoms with Crippen molar-refractivity contribution in [2.75, 3.05) is 7.11 Å². The average Bonchev–Trinajstić information content (AvgIpc) is 2.89. The summed E-state index contributed by atoms with van der Waals surface area (Å²) in [6.45, 7) is 0.230. The normalized spacial score (nSPS) is 10.8. The molecule has 0 aliphatic rings. The molecular formula is C13H13ClN6O4. The fourth-order valence-electron chi connectivity index (χ4n) is 1.91. The maximum atomic E-state index is 10.8. The minimum absolute atomic E-state index is 0.0414. The van der Waals surface area contributed by atoms with Gasteiger partial charge < -0.3 is 20.6 Å². The first-order valence-corrected chi connectivity index (χ1v) is 6.91. The summed E-state index contributed by atoms with van der Waals surface area (Å²) >= 11 is 5.77. The lowest BCUT2D eigenvalue weighted by Gasteiger charge is -2.08. The van der Waals surface area contributed by atoms with Gasteiger partial charge in [-0.05, 0) is 16.6 Å². The van der Waals surface area contributed by atoms with Crippen LogP contribution in [0.25, 0.3) is 0 Å². The van der Waals surface area contributed by atoms with E-state index in [1.807, 2.05) is 0 Å². The number of nitrogens with two attached hydrogens (primary N) is 1. The second-order valence-corrected chi connectivity index (χ2v) is 4.97. The van der Waals surface area contributed by atoms with Crippen molar-refractivity contribution in [3.63, 3.8) is 0 Å². The Morgan fingerprint density at radius 1 is 1.62 bits per heavy atom. The number of amides is 2. The number of nitrogens with one attached hydrogen (secondary N) is 1. The van der Waals surface area contributed by atoms with Crippen LogP contribution in [0.5, 0.6) is 5.75 Å². The van der Waals surface area contributed by atoms with Crippen LogP contribution in [0.1, 0.15) is 11.1 Å². The molecule has 1 aromatic carbocycles. The quantitative estimate of drug-likeness (QED) is 0.461. The topological polar surface area (TPSA) is 138 Å². The van der Waals surface area contributed by atoms with Crippen LogP contribution in [0.2, 0.25) is 5.02 Å². The Labute approximate surface area is 141 Å². The van der Waals surface area contributed by atoms with Gasteiger partial charge in [-0.15, -0.1) is 0 Å². The Morgan fingerprint density at radius 2 is 2.38 bits per heavy atom. The molecule has 11 heteroatoms. The molecule has 1 heterocycles. The number of hydrogen-bond acceptors (Lipinski definition) is 6. The van der Waals surface area contributed by atoms with E-state index in [9.17, 15) is 14.9 Å². The number of methoxy groups -OCH3 is 1. The van der Waals surface area contributed by atoms with Crippen LogP contribution >= 0.6 is 11.6 Å². The van der Waals surface area contributed by atoms with E-state index in [2.05, 4.69) is 15.6 Å². The second kappa shape index (κ2) is 7.42. The van der Waals surface area contributed by atoms with Gasteiger partial charge in [0, 0.05) is 5.56 Å². The molecule has 0 atom stereocenters. The van der Waals surface area contributed by atoms with Crippen molar-refractivity contribution in [1.29, 1.82) is 0 Å². The molecule has 0 saturated heterocycles. The van der Waals surface area contributed by atoms with Crippen molar-refractivity contribution < 1.29 is 14.5 Å². The van der Waals surface area contributed by atoms with Crippen LogP contribution in [-0.4, -0.2) is 34.1 Å². The largest absolute Gasteiger partial charge is 0.496 e. The Kier molecular flexibility index (Phi) is 5.32. The molecule has 0 bridgehead atoms. The zero-order chi connectivity index (χ0) is 17.7. The van der Waals surface area contributed by atoms with Gasteiger partial charge in [0.15, 0.2) is 5.02 Å². The fraction of sp³-hybridized carbons (Fsp3) is 0.154. The number of rotatable bonds is 6. The molecule has 3 N–H and O–H groups in total. The van der Waals surface area contributed by atoms with Crippen molar-refractivity contribution in [1.82, 2.24) is 15.2 Å². The number of carbonyl (C=O) groups is 1. The molecule has 0 aliphatic carbocycles. The summed E-state index contributed by atoms with van der Waals surface area (Å²) in [6, 6.07) is 4.38. The van der Waals surface area contributed by atoms with E-state index < -0.39 is 16.8 Å². The van der Waals surface area contributed by atoms with Gasteiger partial charge in [-0.2, -0.15) is 9.78 Å². The number of nitrogens with zero attached hydrogens (tertiary/aromatic N) is 4. The molecule has 0 fully saturated rings. The number of ether oxygens (including phenoxy) is 1. The van der Waals surface area contributed by atoms with E-state index in [1.54, 1.807) is 18.2 Å². The zero-order valence-electron chi connectivity index (χ0n) is 12.5. The van der Waals surface area contributed by atoms with E-state index in [0.29, 0.717) is 11.3 Å². The molecule has 0 unspecified atom stereocenters. The smallest absolute Gasteiger partial charge is 0.408 e. The van der Waals surface area contributed by atoms with Gasteiger partial charge in [-0.1, -0.05) is 23.7 Å². The summed E-state index contributed by atoms with van der Waals surface area (Å²) in [5.41, 5.74) is 8.37. The highest BCUT2D eigenvalue weighted by Gasteiger charge is 2.19. The minimum atomic E-state index is -0.771. The number of aromatic nitrogens is 2. The lowest BCUT2D eigenvalue weighted by molar-refractivity contribution is -0.389. The maximum absolute atomic E-state index is 10.8. The van der Waals surface area contributed by atoms with Crippen LogP contribution in [0.4, 0.5) is 10.6 Å². The third kappa shape index (κ3) is 4.20. The molecule has 126 valence electrons. The number of hydrogen-bond donors (Lipinski definition) is 2. The molecule has 0 aliphatic heterocycles. The Balaban J connectivity index is 2.21. The average molecular weight is 353 g/mol. The van der Waals surface area contributed by atoms with Gasteiger partial charge in [0.05, 0.1) is 31.2 Å². The van der Waals surface area contributed by atoms with E-state index in [0.717, 1.165) is 5.56 Å². The lowest BCUT2D eigenvalue weighted by atomic mass is 10.1. The van der Waals surface area contributed by atoms with Gasteiger partial charge in [0.1, 0.15) is 5.75 Å². The molecule has 2 amide bonds. The molecule has 0 radical (unpaired) electrons. The molecule has 2 rings (SSSR count). The van der Waals surface area contributed by atoms with E-state index in [1.165, 1.54) is 24.2 Å². The number of nitro groups is 1. The second-order valence-electron chi connectivity index (χ2n) is 4.56. The summed E-state index contributed by atoms with van der Waals surface area (Å²) in [7, 11) is 1.49. The number of urea groups is 1. The summed E-state index contributed by atoms with van der Waals surface area (Å²) in [4.78, 5) is 20.7. The number of carbonyl (C=O) groups excluding carboxylic acids is 1. The van der Waals surface area contributed by atoms with E-state index in [4.69, 9.17) is 22.1 Å². The van der Waals surface area contributed by atoms with Gasteiger partial charge >= 0.3 is 11.8 Å². The number of hydrazone groups is 1. The van der Waals surface area contributed by atoms with Crippen LogP contribution in [0.15, 0.2) is 29.5 Å². The standard InChI is InChI=1S/C13H13ClN6O4/c1-24-11-4-8(5-16-17-13(15)21)2-3-9(11)6-19-7-10(14)12(18-19)20(22)23/h2-5,7H,6H2,1H3,(H3,15,17,21). The number of benzene rings is 1. The highest BCUT2D eigenvalue weighted by molar-refractivity contribution is 6.32.